The van der Waals surface area contributed by atoms with Crippen LogP contribution in [0.3, 0.4) is 0 Å². The van der Waals surface area contributed by atoms with E-state index in [2.05, 4.69) is 0 Å². The van der Waals surface area contributed by atoms with Gasteiger partial charge in [0.2, 0.25) is 0 Å². The Bertz CT molecular complexity index is 508. The van der Waals surface area contributed by atoms with E-state index in [0.29, 0.717) is 17.1 Å². The van der Waals surface area contributed by atoms with Crippen LogP contribution in [0, 0.1) is 0 Å². The Morgan fingerprint density at radius 3 is 2.64 bits per heavy atom. The normalized spacial score (nSPS) is 19.1. The molecule has 0 aliphatic carbocycles. The summed E-state index contributed by atoms with van der Waals surface area (Å²) in [7, 11) is 3.15. The van der Waals surface area contributed by atoms with Crippen LogP contribution in [0.25, 0.3) is 0 Å². The van der Waals surface area contributed by atoms with Crippen molar-refractivity contribution < 1.29 is 14.3 Å². The number of halogens is 1. The second-order valence-corrected chi connectivity index (χ2v) is 5.49. The highest BCUT2D eigenvalue weighted by atomic mass is 35.5. The minimum Gasteiger partial charge on any atom is -0.497 e. The average Bonchev–Trinajstić information content (AvgIpc) is 2.53. The summed E-state index contributed by atoms with van der Waals surface area (Å²) in [5.74, 6) is 1.18. The SMILES string of the molecule is COc1ccc(OC)c(C(=O)N2CCCCC2C(C)N)c1.Cl. The second kappa shape index (κ2) is 8.25. The topological polar surface area (TPSA) is 64.8 Å². The molecule has 0 bridgehead atoms. The van der Waals surface area contributed by atoms with Crippen LogP contribution in [0.2, 0.25) is 0 Å². The molecular weight excluding hydrogens is 304 g/mol. The van der Waals surface area contributed by atoms with Gasteiger partial charge in [0.05, 0.1) is 19.8 Å². The average molecular weight is 329 g/mol. The summed E-state index contributed by atoms with van der Waals surface area (Å²) in [5, 5.41) is 0. The molecule has 1 fully saturated rings. The molecule has 0 aromatic heterocycles. The highest BCUT2D eigenvalue weighted by Gasteiger charge is 2.31. The zero-order valence-electron chi connectivity index (χ0n) is 13.4. The first-order valence-electron chi connectivity index (χ1n) is 7.37. The number of likely N-dealkylation sites (tertiary alicyclic amines) is 1. The first-order valence-corrected chi connectivity index (χ1v) is 7.37. The van der Waals surface area contributed by atoms with E-state index in [1.165, 1.54) is 0 Å². The van der Waals surface area contributed by atoms with Gasteiger partial charge in [0.25, 0.3) is 5.91 Å². The molecule has 2 atom stereocenters. The number of methoxy groups -OCH3 is 2. The Hall–Kier alpha value is -1.46. The molecule has 0 spiro atoms. The number of nitrogens with zero attached hydrogens (tertiary/aromatic N) is 1. The van der Waals surface area contributed by atoms with Crippen LogP contribution in [-0.2, 0) is 0 Å². The molecule has 2 rings (SSSR count). The Kier molecular flexibility index (Phi) is 6.97. The molecular formula is C16H25ClN2O3. The molecule has 22 heavy (non-hydrogen) atoms. The summed E-state index contributed by atoms with van der Waals surface area (Å²) < 4.78 is 10.5. The van der Waals surface area contributed by atoms with Gasteiger partial charge in [-0.1, -0.05) is 0 Å². The number of rotatable bonds is 4. The molecule has 2 unspecified atom stereocenters. The molecule has 1 aliphatic heterocycles. The Morgan fingerprint density at radius 2 is 2.05 bits per heavy atom. The van der Waals surface area contributed by atoms with Crippen molar-refractivity contribution in [3.05, 3.63) is 23.8 Å². The van der Waals surface area contributed by atoms with Crippen molar-refractivity contribution in [1.82, 2.24) is 4.90 Å². The molecule has 5 nitrogen and oxygen atoms in total. The number of amides is 1. The van der Waals surface area contributed by atoms with Crippen LogP contribution in [-0.4, -0.2) is 43.7 Å². The third-order valence-electron chi connectivity index (χ3n) is 4.05. The van der Waals surface area contributed by atoms with Gasteiger partial charge < -0.3 is 20.1 Å². The minimum absolute atomic E-state index is 0. The van der Waals surface area contributed by atoms with Gasteiger partial charge in [-0.05, 0) is 44.4 Å². The van der Waals surface area contributed by atoms with Crippen molar-refractivity contribution in [2.45, 2.75) is 38.3 Å². The summed E-state index contributed by atoms with van der Waals surface area (Å²) >= 11 is 0. The van der Waals surface area contributed by atoms with Gasteiger partial charge in [-0.3, -0.25) is 4.79 Å². The zero-order valence-corrected chi connectivity index (χ0v) is 14.2. The van der Waals surface area contributed by atoms with Crippen molar-refractivity contribution in [1.29, 1.82) is 0 Å². The summed E-state index contributed by atoms with van der Waals surface area (Å²) in [4.78, 5) is 14.8. The van der Waals surface area contributed by atoms with E-state index in [4.69, 9.17) is 15.2 Å². The standard InChI is InChI=1S/C16H24N2O3.ClH/c1-11(17)14-6-4-5-9-18(14)16(19)13-10-12(20-2)7-8-15(13)21-3;/h7-8,10-11,14H,4-6,9,17H2,1-3H3;1H. The molecule has 2 N–H and O–H groups in total. The van der Waals surface area contributed by atoms with Crippen molar-refractivity contribution in [3.8, 4) is 11.5 Å². The Morgan fingerprint density at radius 1 is 1.32 bits per heavy atom. The maximum Gasteiger partial charge on any atom is 0.258 e. The summed E-state index contributed by atoms with van der Waals surface area (Å²) in [6.07, 6.45) is 3.09. The molecule has 1 heterocycles. The van der Waals surface area contributed by atoms with E-state index in [0.717, 1.165) is 25.8 Å². The van der Waals surface area contributed by atoms with Crippen LogP contribution in [0.4, 0.5) is 0 Å². The first kappa shape index (κ1) is 18.6. The predicted octanol–water partition coefficient (Wildman–Crippen LogP) is 2.47. The molecule has 1 aromatic carbocycles. The molecule has 6 heteroatoms. The summed E-state index contributed by atoms with van der Waals surface area (Å²) in [5.41, 5.74) is 6.58. The predicted molar refractivity (Wildman–Crippen MR) is 89.1 cm³/mol. The zero-order chi connectivity index (χ0) is 15.4. The van der Waals surface area contributed by atoms with Crippen LogP contribution >= 0.6 is 12.4 Å². The van der Waals surface area contributed by atoms with Crippen LogP contribution in [0.1, 0.15) is 36.5 Å². The number of piperidine rings is 1. The number of benzene rings is 1. The molecule has 1 aliphatic rings. The lowest BCUT2D eigenvalue weighted by molar-refractivity contribution is 0.0580. The number of carbonyl (C=O) groups is 1. The largest absolute Gasteiger partial charge is 0.497 e. The number of nitrogens with two attached hydrogens (primary N) is 1. The van der Waals surface area contributed by atoms with Crippen molar-refractivity contribution in [3.63, 3.8) is 0 Å². The Balaban J connectivity index is 0.00000242. The Labute approximate surface area is 138 Å². The van der Waals surface area contributed by atoms with Gasteiger partial charge >= 0.3 is 0 Å². The second-order valence-electron chi connectivity index (χ2n) is 5.49. The fraction of sp³-hybridized carbons (Fsp3) is 0.562. The van der Waals surface area contributed by atoms with Crippen LogP contribution < -0.4 is 15.2 Å². The number of hydrogen-bond acceptors (Lipinski definition) is 4. The quantitative estimate of drug-likeness (QED) is 0.922. The third kappa shape index (κ3) is 3.84. The van der Waals surface area contributed by atoms with E-state index >= 15 is 0 Å². The number of carbonyl (C=O) groups excluding carboxylic acids is 1. The maximum atomic E-state index is 12.9. The van der Waals surface area contributed by atoms with Crippen molar-refractivity contribution in [2.24, 2.45) is 5.73 Å². The van der Waals surface area contributed by atoms with E-state index in [1.54, 1.807) is 32.4 Å². The van der Waals surface area contributed by atoms with Crippen molar-refractivity contribution >= 4 is 18.3 Å². The smallest absolute Gasteiger partial charge is 0.258 e. The molecule has 1 saturated heterocycles. The van der Waals surface area contributed by atoms with Gasteiger partial charge in [0, 0.05) is 18.6 Å². The van der Waals surface area contributed by atoms with Crippen molar-refractivity contribution in [2.75, 3.05) is 20.8 Å². The molecule has 1 amide bonds. The fourth-order valence-corrected chi connectivity index (χ4v) is 2.89. The number of ether oxygens (including phenoxy) is 2. The van der Waals surface area contributed by atoms with Gasteiger partial charge in [-0.15, -0.1) is 12.4 Å². The van der Waals surface area contributed by atoms with Gasteiger partial charge in [-0.2, -0.15) is 0 Å². The summed E-state index contributed by atoms with van der Waals surface area (Å²) in [6.45, 7) is 2.70. The van der Waals surface area contributed by atoms with E-state index in [-0.39, 0.29) is 30.4 Å². The molecule has 0 saturated carbocycles. The molecule has 1 aromatic rings. The monoisotopic (exact) mass is 328 g/mol. The lowest BCUT2D eigenvalue weighted by Crippen LogP contribution is -2.51. The number of hydrogen-bond donors (Lipinski definition) is 1. The lowest BCUT2D eigenvalue weighted by Gasteiger charge is -2.38. The fourth-order valence-electron chi connectivity index (χ4n) is 2.89. The lowest BCUT2D eigenvalue weighted by atomic mass is 9.96. The molecule has 0 radical (unpaired) electrons. The summed E-state index contributed by atoms with van der Waals surface area (Å²) in [6, 6.07) is 5.33. The highest BCUT2D eigenvalue weighted by molar-refractivity contribution is 5.97. The highest BCUT2D eigenvalue weighted by Crippen LogP contribution is 2.28. The minimum atomic E-state index is -0.0362. The molecule has 124 valence electrons. The van der Waals surface area contributed by atoms with E-state index in [1.807, 2.05) is 11.8 Å². The van der Waals surface area contributed by atoms with Gasteiger partial charge in [-0.25, -0.2) is 0 Å². The van der Waals surface area contributed by atoms with Gasteiger partial charge in [0.1, 0.15) is 11.5 Å². The first-order chi connectivity index (χ1) is 10.1. The van der Waals surface area contributed by atoms with Crippen LogP contribution in [0.15, 0.2) is 18.2 Å². The maximum absolute atomic E-state index is 12.9. The van der Waals surface area contributed by atoms with E-state index < -0.39 is 0 Å². The van der Waals surface area contributed by atoms with Gasteiger partial charge in [0.15, 0.2) is 0 Å². The van der Waals surface area contributed by atoms with E-state index in [9.17, 15) is 4.79 Å². The van der Waals surface area contributed by atoms with Crippen LogP contribution in [0.5, 0.6) is 11.5 Å². The third-order valence-corrected chi connectivity index (χ3v) is 4.05.